The van der Waals surface area contributed by atoms with Crippen LogP contribution in [0.1, 0.15) is 33.3 Å². The number of nitrogens with zero attached hydrogens (tertiary/aromatic N) is 1. The molecule has 0 spiro atoms. The number of ether oxygens (including phenoxy) is 2. The number of pyridine rings is 1. The Hall–Kier alpha value is -1.27. The molecule has 110 valence electrons. The normalized spacial score (nSPS) is 20.1. The lowest BCUT2D eigenvalue weighted by Gasteiger charge is -2.32. The Kier molecular flexibility index (Phi) is 3.73. The Morgan fingerprint density at radius 2 is 1.50 bits per heavy atom. The number of aryl methyl sites for hydroxylation is 1. The highest BCUT2D eigenvalue weighted by atomic mass is 16.7. The summed E-state index contributed by atoms with van der Waals surface area (Å²) in [7, 11) is 2.67. The fourth-order valence-corrected chi connectivity index (χ4v) is 2.11. The van der Waals surface area contributed by atoms with E-state index in [0.717, 1.165) is 11.0 Å². The zero-order valence-corrected chi connectivity index (χ0v) is 13.2. The van der Waals surface area contributed by atoms with Gasteiger partial charge in [0.2, 0.25) is 11.8 Å². The summed E-state index contributed by atoms with van der Waals surface area (Å²) in [4.78, 5) is 4.34. The Morgan fingerprint density at radius 3 is 1.95 bits per heavy atom. The van der Waals surface area contributed by atoms with Crippen LogP contribution in [0, 0.1) is 6.92 Å². The first-order valence-electron chi connectivity index (χ1n) is 6.67. The SMILES string of the molecule is COc1nc(OC)c(B2OC(C)(C)C(C)(C)O2)cc1C. The van der Waals surface area contributed by atoms with Crippen molar-refractivity contribution >= 4 is 12.6 Å². The van der Waals surface area contributed by atoms with Gasteiger partial charge in [0.15, 0.2) is 0 Å². The molecular weight excluding hydrogens is 257 g/mol. The van der Waals surface area contributed by atoms with Crippen LogP contribution in [0.3, 0.4) is 0 Å². The van der Waals surface area contributed by atoms with Crippen LogP contribution < -0.4 is 14.9 Å². The zero-order valence-electron chi connectivity index (χ0n) is 13.2. The molecule has 1 aromatic heterocycles. The van der Waals surface area contributed by atoms with Gasteiger partial charge in [0.05, 0.1) is 25.4 Å². The molecule has 0 N–H and O–H groups in total. The summed E-state index contributed by atoms with van der Waals surface area (Å²) < 4.78 is 22.6. The Bertz CT molecular complexity index is 500. The van der Waals surface area contributed by atoms with Gasteiger partial charge >= 0.3 is 7.12 Å². The van der Waals surface area contributed by atoms with Crippen molar-refractivity contribution in [3.05, 3.63) is 11.6 Å². The minimum Gasteiger partial charge on any atom is -0.481 e. The third-order valence-electron chi connectivity index (χ3n) is 4.05. The largest absolute Gasteiger partial charge is 0.500 e. The fourth-order valence-electron chi connectivity index (χ4n) is 2.11. The topological polar surface area (TPSA) is 49.8 Å². The van der Waals surface area contributed by atoms with E-state index < -0.39 is 18.3 Å². The van der Waals surface area contributed by atoms with Crippen LogP contribution in [0.4, 0.5) is 0 Å². The smallest absolute Gasteiger partial charge is 0.481 e. The van der Waals surface area contributed by atoms with Gasteiger partial charge in [0.1, 0.15) is 0 Å². The summed E-state index contributed by atoms with van der Waals surface area (Å²) >= 11 is 0. The standard InChI is InChI=1S/C14H22BNO4/c1-9-8-10(12(18-7)16-11(9)17-6)15-19-13(2,3)14(4,5)20-15/h8H,1-7H3. The number of rotatable bonds is 3. The summed E-state index contributed by atoms with van der Waals surface area (Å²) in [5.74, 6) is 1.01. The van der Waals surface area contributed by atoms with Crippen molar-refractivity contribution in [3.8, 4) is 11.8 Å². The molecule has 0 amide bonds. The first kappa shape index (κ1) is 15.1. The molecule has 0 bridgehead atoms. The molecule has 1 fully saturated rings. The van der Waals surface area contributed by atoms with Crippen LogP contribution in [0.15, 0.2) is 6.07 Å². The van der Waals surface area contributed by atoms with E-state index in [-0.39, 0.29) is 0 Å². The van der Waals surface area contributed by atoms with Crippen molar-refractivity contribution in [2.75, 3.05) is 14.2 Å². The molecule has 1 aliphatic heterocycles. The summed E-state index contributed by atoms with van der Waals surface area (Å²) in [5, 5.41) is 0. The second kappa shape index (κ2) is 4.93. The average molecular weight is 279 g/mol. The lowest BCUT2D eigenvalue weighted by atomic mass is 9.79. The van der Waals surface area contributed by atoms with Crippen molar-refractivity contribution < 1.29 is 18.8 Å². The molecule has 6 heteroatoms. The molecule has 2 heterocycles. The van der Waals surface area contributed by atoms with Crippen LogP contribution in [-0.4, -0.2) is 37.5 Å². The second-order valence-corrected chi connectivity index (χ2v) is 6.00. The summed E-state index contributed by atoms with van der Waals surface area (Å²) in [6.45, 7) is 10.00. The molecule has 0 radical (unpaired) electrons. The first-order valence-corrected chi connectivity index (χ1v) is 6.67. The molecule has 1 saturated heterocycles. The highest BCUT2D eigenvalue weighted by Crippen LogP contribution is 2.37. The van der Waals surface area contributed by atoms with E-state index in [0.29, 0.717) is 11.8 Å². The first-order chi connectivity index (χ1) is 9.21. The molecule has 0 atom stereocenters. The maximum Gasteiger partial charge on any atom is 0.500 e. The van der Waals surface area contributed by atoms with Crippen molar-refractivity contribution in [3.63, 3.8) is 0 Å². The lowest BCUT2D eigenvalue weighted by Crippen LogP contribution is -2.41. The maximum absolute atomic E-state index is 6.04. The Balaban J connectivity index is 2.42. The molecule has 1 aromatic rings. The van der Waals surface area contributed by atoms with Crippen LogP contribution in [0.5, 0.6) is 11.8 Å². The van der Waals surface area contributed by atoms with Gasteiger partial charge in [-0.15, -0.1) is 0 Å². The van der Waals surface area contributed by atoms with Gasteiger partial charge < -0.3 is 18.8 Å². The van der Waals surface area contributed by atoms with Crippen LogP contribution in [-0.2, 0) is 9.31 Å². The van der Waals surface area contributed by atoms with Crippen LogP contribution in [0.25, 0.3) is 0 Å². The van der Waals surface area contributed by atoms with Gasteiger partial charge in [-0.2, -0.15) is 4.98 Å². The van der Waals surface area contributed by atoms with Gasteiger partial charge in [-0.3, -0.25) is 0 Å². The van der Waals surface area contributed by atoms with E-state index in [1.807, 2.05) is 40.7 Å². The maximum atomic E-state index is 6.04. The van der Waals surface area contributed by atoms with Crippen LogP contribution >= 0.6 is 0 Å². The van der Waals surface area contributed by atoms with Gasteiger partial charge in [0.25, 0.3) is 0 Å². The third-order valence-corrected chi connectivity index (χ3v) is 4.05. The molecule has 0 unspecified atom stereocenters. The quantitative estimate of drug-likeness (QED) is 0.788. The molecule has 20 heavy (non-hydrogen) atoms. The van der Waals surface area contributed by atoms with Crippen molar-refractivity contribution in [1.29, 1.82) is 0 Å². The van der Waals surface area contributed by atoms with Gasteiger partial charge in [0, 0.05) is 11.0 Å². The van der Waals surface area contributed by atoms with Gasteiger partial charge in [-0.05, 0) is 40.7 Å². The van der Waals surface area contributed by atoms with E-state index in [4.69, 9.17) is 18.8 Å². The molecule has 1 aliphatic rings. The minimum atomic E-state index is -0.493. The van der Waals surface area contributed by atoms with Crippen molar-refractivity contribution in [1.82, 2.24) is 4.98 Å². The number of hydrogen-bond acceptors (Lipinski definition) is 5. The minimum absolute atomic E-state index is 0.392. The molecule has 2 rings (SSSR count). The van der Waals surface area contributed by atoms with Crippen LogP contribution in [0.2, 0.25) is 0 Å². The van der Waals surface area contributed by atoms with E-state index in [2.05, 4.69) is 4.98 Å². The van der Waals surface area contributed by atoms with E-state index in [1.54, 1.807) is 14.2 Å². The monoisotopic (exact) mass is 279 g/mol. The molecule has 0 aromatic carbocycles. The average Bonchev–Trinajstić information content (AvgIpc) is 2.58. The Morgan fingerprint density at radius 1 is 1.00 bits per heavy atom. The van der Waals surface area contributed by atoms with Gasteiger partial charge in [-0.1, -0.05) is 0 Å². The summed E-state index contributed by atoms with van der Waals surface area (Å²) in [6.07, 6.45) is 0. The fraction of sp³-hybridized carbons (Fsp3) is 0.643. The third kappa shape index (κ3) is 2.38. The molecule has 0 aliphatic carbocycles. The highest BCUT2D eigenvalue weighted by Gasteiger charge is 2.52. The predicted molar refractivity (Wildman–Crippen MR) is 77.8 cm³/mol. The van der Waals surface area contributed by atoms with Crippen molar-refractivity contribution in [2.45, 2.75) is 45.8 Å². The predicted octanol–water partition coefficient (Wildman–Crippen LogP) is 1.71. The Labute approximate surface area is 120 Å². The van der Waals surface area contributed by atoms with Crippen molar-refractivity contribution in [2.24, 2.45) is 0 Å². The van der Waals surface area contributed by atoms with Gasteiger partial charge in [-0.25, -0.2) is 0 Å². The lowest BCUT2D eigenvalue weighted by molar-refractivity contribution is 0.00578. The number of methoxy groups -OCH3 is 2. The number of hydrogen-bond donors (Lipinski definition) is 0. The molecule has 0 saturated carbocycles. The zero-order chi connectivity index (χ0) is 15.1. The van der Waals surface area contributed by atoms with E-state index in [9.17, 15) is 0 Å². The van der Waals surface area contributed by atoms with E-state index >= 15 is 0 Å². The number of aromatic nitrogens is 1. The van der Waals surface area contributed by atoms with E-state index in [1.165, 1.54) is 0 Å². The summed E-state index contributed by atoms with van der Waals surface area (Å²) in [5.41, 5.74) is 0.912. The summed E-state index contributed by atoms with van der Waals surface area (Å²) in [6, 6.07) is 1.94. The highest BCUT2D eigenvalue weighted by molar-refractivity contribution is 6.63. The molecule has 5 nitrogen and oxygen atoms in total. The second-order valence-electron chi connectivity index (χ2n) is 6.00. The molecular formula is C14H22BNO4.